The number of hydrogen-bond acceptors (Lipinski definition) is 2. The van der Waals surface area contributed by atoms with Gasteiger partial charge >= 0.3 is 51.4 Å². The van der Waals surface area contributed by atoms with Crippen molar-refractivity contribution in [3.05, 3.63) is 26.6 Å². The van der Waals surface area contributed by atoms with Gasteiger partial charge in [0.2, 0.25) is 0 Å². The molecule has 0 amide bonds. The summed E-state index contributed by atoms with van der Waals surface area (Å²) >= 11 is 6.09. The Labute approximate surface area is 130 Å². The molecule has 0 aliphatic heterocycles. The Kier molecular flexibility index (Phi) is 6.29. The standard InChI is InChI=1S/C7H3Br2NO.K/c8-5-1-4(3-10)2-6(9)7(5)11;/h1-2,11H;/q;+1/p-1. The summed E-state index contributed by atoms with van der Waals surface area (Å²) in [5, 5.41) is 19.5. The summed E-state index contributed by atoms with van der Waals surface area (Å²) in [6.45, 7) is 0. The van der Waals surface area contributed by atoms with Gasteiger partial charge in [0, 0.05) is 8.95 Å². The van der Waals surface area contributed by atoms with Crippen LogP contribution in [0.4, 0.5) is 0 Å². The first-order valence-electron chi connectivity index (χ1n) is 2.71. The summed E-state index contributed by atoms with van der Waals surface area (Å²) in [7, 11) is 0. The van der Waals surface area contributed by atoms with Crippen LogP contribution in [0.2, 0.25) is 0 Å². The summed E-state index contributed by atoms with van der Waals surface area (Å²) in [5.41, 5.74) is 0.461. The normalized spacial score (nSPS) is 8.42. The van der Waals surface area contributed by atoms with Crippen molar-refractivity contribution < 1.29 is 56.5 Å². The molecule has 0 N–H and O–H groups in total. The summed E-state index contributed by atoms with van der Waals surface area (Å²) < 4.78 is 0.812. The zero-order valence-corrected chi connectivity index (χ0v) is 12.6. The third-order valence-corrected chi connectivity index (χ3v) is 2.31. The van der Waals surface area contributed by atoms with E-state index >= 15 is 0 Å². The maximum Gasteiger partial charge on any atom is 1.00 e. The van der Waals surface area contributed by atoms with E-state index in [-0.39, 0.29) is 57.1 Å². The van der Waals surface area contributed by atoms with E-state index in [0.717, 1.165) is 0 Å². The van der Waals surface area contributed by atoms with Crippen molar-refractivity contribution in [1.29, 1.82) is 5.26 Å². The first-order chi connectivity index (χ1) is 5.15. The fourth-order valence-corrected chi connectivity index (χ4v) is 1.81. The van der Waals surface area contributed by atoms with Crippen LogP contribution < -0.4 is 56.5 Å². The smallest absolute Gasteiger partial charge is 0.871 e. The predicted octanol–water partition coefficient (Wildman–Crippen LogP) is -0.839. The van der Waals surface area contributed by atoms with Gasteiger partial charge in [-0.25, -0.2) is 0 Å². The molecule has 56 valence electrons. The van der Waals surface area contributed by atoms with E-state index in [4.69, 9.17) is 5.26 Å². The molecule has 5 heteroatoms. The summed E-state index contributed by atoms with van der Waals surface area (Å²) in [6, 6.07) is 4.92. The third-order valence-electron chi connectivity index (χ3n) is 1.13. The molecular formula is C7H2Br2KNO. The molecule has 12 heavy (non-hydrogen) atoms. The van der Waals surface area contributed by atoms with Crippen LogP contribution in [0.3, 0.4) is 0 Å². The van der Waals surface area contributed by atoms with Crippen LogP contribution >= 0.6 is 31.9 Å². The molecule has 0 aliphatic carbocycles. The zero-order valence-electron chi connectivity index (χ0n) is 6.27. The average molecular weight is 315 g/mol. The van der Waals surface area contributed by atoms with Gasteiger partial charge in [-0.3, -0.25) is 0 Å². The second kappa shape index (κ2) is 5.76. The van der Waals surface area contributed by atoms with Crippen LogP contribution in [0.25, 0.3) is 0 Å². The van der Waals surface area contributed by atoms with Crippen LogP contribution in [0.5, 0.6) is 5.75 Å². The number of hydrogen-bond donors (Lipinski definition) is 0. The molecular weight excluding hydrogens is 313 g/mol. The van der Waals surface area contributed by atoms with Crippen LogP contribution in [0, 0.1) is 11.3 Å². The van der Waals surface area contributed by atoms with Crippen molar-refractivity contribution >= 4 is 31.9 Å². The monoisotopic (exact) mass is 313 g/mol. The minimum Gasteiger partial charge on any atom is -0.871 e. The molecule has 1 aromatic rings. The van der Waals surface area contributed by atoms with Gasteiger partial charge in [0.05, 0.1) is 11.6 Å². The topological polar surface area (TPSA) is 46.8 Å². The van der Waals surface area contributed by atoms with Gasteiger partial charge < -0.3 is 5.11 Å². The molecule has 2 nitrogen and oxygen atoms in total. The van der Waals surface area contributed by atoms with Gasteiger partial charge in [0.15, 0.2) is 0 Å². The zero-order chi connectivity index (χ0) is 8.43. The number of nitrogens with zero attached hydrogens (tertiary/aromatic N) is 1. The molecule has 0 fully saturated rings. The van der Waals surface area contributed by atoms with E-state index in [1.165, 1.54) is 12.1 Å². The molecule has 0 aliphatic rings. The van der Waals surface area contributed by atoms with Gasteiger partial charge in [-0.2, -0.15) is 5.26 Å². The van der Waals surface area contributed by atoms with Crippen molar-refractivity contribution in [2.45, 2.75) is 0 Å². The molecule has 0 spiro atoms. The molecule has 0 heterocycles. The van der Waals surface area contributed by atoms with Gasteiger partial charge in [-0.05, 0) is 12.1 Å². The number of nitriles is 1. The maximum atomic E-state index is 11.0. The fourth-order valence-electron chi connectivity index (χ4n) is 0.624. The van der Waals surface area contributed by atoms with Crippen LogP contribution in [0.1, 0.15) is 5.56 Å². The van der Waals surface area contributed by atoms with Crippen molar-refractivity contribution in [1.82, 2.24) is 0 Å². The molecule has 0 aromatic heterocycles. The predicted molar refractivity (Wildman–Crippen MR) is 46.0 cm³/mol. The summed E-state index contributed by atoms with van der Waals surface area (Å²) in [6.07, 6.45) is 0. The average Bonchev–Trinajstić information content (AvgIpc) is 1.99. The minimum atomic E-state index is -0.135. The third kappa shape index (κ3) is 3.11. The molecule has 0 atom stereocenters. The van der Waals surface area contributed by atoms with Crippen molar-refractivity contribution in [3.63, 3.8) is 0 Å². The van der Waals surface area contributed by atoms with Gasteiger partial charge in [-0.1, -0.05) is 37.6 Å². The first-order valence-corrected chi connectivity index (χ1v) is 4.30. The van der Waals surface area contributed by atoms with E-state index < -0.39 is 0 Å². The number of rotatable bonds is 0. The van der Waals surface area contributed by atoms with Gasteiger partial charge in [0.25, 0.3) is 0 Å². The van der Waals surface area contributed by atoms with E-state index in [9.17, 15) is 5.11 Å². The molecule has 0 bridgehead atoms. The Morgan fingerprint density at radius 3 is 2.00 bits per heavy atom. The quantitative estimate of drug-likeness (QED) is 0.586. The molecule has 0 saturated heterocycles. The Bertz CT molecular complexity index is 312. The van der Waals surface area contributed by atoms with Crippen molar-refractivity contribution in [2.75, 3.05) is 0 Å². The summed E-state index contributed by atoms with van der Waals surface area (Å²) in [4.78, 5) is 0. The van der Waals surface area contributed by atoms with Crippen molar-refractivity contribution in [3.8, 4) is 11.8 Å². The van der Waals surface area contributed by atoms with E-state index in [1.807, 2.05) is 6.07 Å². The van der Waals surface area contributed by atoms with E-state index in [2.05, 4.69) is 31.9 Å². The van der Waals surface area contributed by atoms with E-state index in [0.29, 0.717) is 14.5 Å². The Balaban J connectivity index is 0.00000121. The van der Waals surface area contributed by atoms with Gasteiger partial charge in [-0.15, -0.1) is 0 Å². The second-order valence-electron chi connectivity index (χ2n) is 1.88. The fraction of sp³-hybridized carbons (Fsp3) is 0. The van der Waals surface area contributed by atoms with E-state index in [1.54, 1.807) is 0 Å². The molecule has 0 unspecified atom stereocenters. The molecule has 0 saturated carbocycles. The molecule has 1 aromatic carbocycles. The number of halogens is 2. The molecule has 0 radical (unpaired) electrons. The van der Waals surface area contributed by atoms with Crippen LogP contribution in [0.15, 0.2) is 21.1 Å². The Morgan fingerprint density at radius 2 is 1.67 bits per heavy atom. The van der Waals surface area contributed by atoms with Crippen LogP contribution in [-0.2, 0) is 0 Å². The number of benzene rings is 1. The first kappa shape index (κ1) is 13.1. The molecule has 1 rings (SSSR count). The maximum absolute atomic E-state index is 11.0. The Morgan fingerprint density at radius 1 is 1.25 bits per heavy atom. The second-order valence-corrected chi connectivity index (χ2v) is 3.59. The van der Waals surface area contributed by atoms with Crippen LogP contribution in [-0.4, -0.2) is 0 Å². The van der Waals surface area contributed by atoms with Gasteiger partial charge in [0.1, 0.15) is 0 Å². The largest absolute Gasteiger partial charge is 1.00 e. The van der Waals surface area contributed by atoms with Crippen molar-refractivity contribution in [2.24, 2.45) is 0 Å². The minimum absolute atomic E-state index is 0. The Hall–Kier alpha value is 1.11. The SMILES string of the molecule is N#Cc1cc(Br)c([O-])c(Br)c1.[K+]. The summed E-state index contributed by atoms with van der Waals surface area (Å²) in [5.74, 6) is -0.135.